The van der Waals surface area contributed by atoms with E-state index in [0.29, 0.717) is 16.0 Å². The number of benzene rings is 1. The average Bonchev–Trinajstić information content (AvgIpc) is 2.39. The quantitative estimate of drug-likeness (QED) is 0.910. The maximum atomic E-state index is 10.3. The zero-order valence-corrected chi connectivity index (χ0v) is 11.4. The summed E-state index contributed by atoms with van der Waals surface area (Å²) in [7, 11) is 1.59. The first-order valence-corrected chi connectivity index (χ1v) is 7.28. The van der Waals surface area contributed by atoms with Crippen molar-refractivity contribution < 1.29 is 9.84 Å². The fourth-order valence-electron chi connectivity index (χ4n) is 2.09. The lowest BCUT2D eigenvalue weighted by atomic mass is 10.0. The van der Waals surface area contributed by atoms with Crippen LogP contribution in [0.25, 0.3) is 0 Å². The van der Waals surface area contributed by atoms with Gasteiger partial charge in [-0.2, -0.15) is 11.8 Å². The lowest BCUT2D eigenvalue weighted by Crippen LogP contribution is -2.18. The fraction of sp³-hybridized carbons (Fsp3) is 0.538. The van der Waals surface area contributed by atoms with Crippen molar-refractivity contribution in [1.82, 2.24) is 0 Å². The highest BCUT2D eigenvalue weighted by Gasteiger charge is 2.24. The van der Waals surface area contributed by atoms with Gasteiger partial charge in [0.2, 0.25) is 0 Å². The fourth-order valence-corrected chi connectivity index (χ4v) is 3.63. The summed E-state index contributed by atoms with van der Waals surface area (Å²) >= 11 is 7.83. The number of methoxy groups -OCH3 is 1. The molecule has 2 unspecified atom stereocenters. The van der Waals surface area contributed by atoms with Crippen LogP contribution in [0.15, 0.2) is 18.2 Å². The first kappa shape index (κ1) is 13.1. The molecular weight excluding hydrogens is 256 g/mol. The SMILES string of the molecule is COc1cc(C(O)C2CCCCS2)ccc1Cl. The molecule has 94 valence electrons. The molecule has 1 fully saturated rings. The largest absolute Gasteiger partial charge is 0.495 e. The monoisotopic (exact) mass is 272 g/mol. The highest BCUT2D eigenvalue weighted by Crippen LogP contribution is 2.36. The Morgan fingerprint density at radius 2 is 2.29 bits per heavy atom. The van der Waals surface area contributed by atoms with Gasteiger partial charge in [-0.25, -0.2) is 0 Å². The summed E-state index contributed by atoms with van der Waals surface area (Å²) in [6.07, 6.45) is 3.13. The average molecular weight is 273 g/mol. The standard InChI is InChI=1S/C13H17ClO2S/c1-16-11-8-9(5-6-10(11)14)13(15)12-4-2-3-7-17-12/h5-6,8,12-13,15H,2-4,7H2,1H3. The molecule has 1 aromatic carbocycles. The Bertz CT molecular complexity index is 378. The minimum atomic E-state index is -0.425. The van der Waals surface area contributed by atoms with Gasteiger partial charge >= 0.3 is 0 Å². The molecule has 0 saturated carbocycles. The van der Waals surface area contributed by atoms with Crippen molar-refractivity contribution in [2.24, 2.45) is 0 Å². The third-order valence-corrected chi connectivity index (χ3v) is 4.84. The maximum Gasteiger partial charge on any atom is 0.137 e. The summed E-state index contributed by atoms with van der Waals surface area (Å²) in [5.74, 6) is 1.77. The number of ether oxygens (including phenoxy) is 1. The molecule has 1 heterocycles. The van der Waals surface area contributed by atoms with Crippen LogP contribution < -0.4 is 4.74 Å². The van der Waals surface area contributed by atoms with Gasteiger partial charge in [0.25, 0.3) is 0 Å². The molecule has 1 aliphatic rings. The minimum Gasteiger partial charge on any atom is -0.495 e. The Hall–Kier alpha value is -0.380. The Labute approximate surface area is 111 Å². The minimum absolute atomic E-state index is 0.301. The van der Waals surface area contributed by atoms with Gasteiger partial charge in [0, 0.05) is 5.25 Å². The molecule has 1 saturated heterocycles. The second-order valence-corrected chi connectivity index (χ2v) is 6.00. The molecule has 1 N–H and O–H groups in total. The van der Waals surface area contributed by atoms with Gasteiger partial charge in [-0.3, -0.25) is 0 Å². The Morgan fingerprint density at radius 1 is 1.47 bits per heavy atom. The Morgan fingerprint density at radius 3 is 2.94 bits per heavy atom. The summed E-state index contributed by atoms with van der Waals surface area (Å²) in [5.41, 5.74) is 0.894. The number of rotatable bonds is 3. The molecule has 1 aliphatic heterocycles. The number of hydrogen-bond acceptors (Lipinski definition) is 3. The van der Waals surface area contributed by atoms with Gasteiger partial charge in [-0.1, -0.05) is 24.1 Å². The van der Waals surface area contributed by atoms with Crippen molar-refractivity contribution in [3.05, 3.63) is 28.8 Å². The number of hydrogen-bond donors (Lipinski definition) is 1. The smallest absolute Gasteiger partial charge is 0.137 e. The predicted octanol–water partition coefficient (Wildman–Crippen LogP) is 3.67. The predicted molar refractivity (Wildman–Crippen MR) is 73.1 cm³/mol. The van der Waals surface area contributed by atoms with E-state index >= 15 is 0 Å². The molecule has 0 bridgehead atoms. The summed E-state index contributed by atoms with van der Waals surface area (Å²) in [5, 5.41) is 11.2. The van der Waals surface area contributed by atoms with Crippen molar-refractivity contribution in [3.63, 3.8) is 0 Å². The number of aliphatic hydroxyl groups is 1. The number of aliphatic hydroxyl groups excluding tert-OH is 1. The molecule has 2 rings (SSSR count). The van der Waals surface area contributed by atoms with Crippen LogP contribution in [-0.2, 0) is 0 Å². The van der Waals surface area contributed by atoms with Crippen LogP contribution in [0.2, 0.25) is 5.02 Å². The van der Waals surface area contributed by atoms with Gasteiger partial charge in [0.1, 0.15) is 5.75 Å². The van der Waals surface area contributed by atoms with Crippen molar-refractivity contribution in [2.75, 3.05) is 12.9 Å². The highest BCUT2D eigenvalue weighted by molar-refractivity contribution is 7.99. The maximum absolute atomic E-state index is 10.3. The molecule has 0 aromatic heterocycles. The summed E-state index contributed by atoms with van der Waals surface area (Å²) in [6, 6.07) is 5.50. The topological polar surface area (TPSA) is 29.5 Å². The van der Waals surface area contributed by atoms with E-state index in [0.717, 1.165) is 17.7 Å². The number of thioether (sulfide) groups is 1. The molecule has 17 heavy (non-hydrogen) atoms. The van der Waals surface area contributed by atoms with Crippen LogP contribution in [0.1, 0.15) is 30.9 Å². The van der Waals surface area contributed by atoms with Crippen LogP contribution in [-0.4, -0.2) is 23.2 Å². The van der Waals surface area contributed by atoms with E-state index in [1.165, 1.54) is 12.8 Å². The second kappa shape index (κ2) is 5.98. The summed E-state index contributed by atoms with van der Waals surface area (Å²) < 4.78 is 5.17. The second-order valence-electron chi connectivity index (χ2n) is 4.24. The van der Waals surface area contributed by atoms with Gasteiger partial charge in [-0.05, 0) is 36.3 Å². The van der Waals surface area contributed by atoms with Crippen molar-refractivity contribution in [2.45, 2.75) is 30.6 Å². The third kappa shape index (κ3) is 3.09. The van der Waals surface area contributed by atoms with Gasteiger partial charge in [0.15, 0.2) is 0 Å². The zero-order valence-electron chi connectivity index (χ0n) is 9.86. The van der Waals surface area contributed by atoms with Crippen molar-refractivity contribution in [1.29, 1.82) is 0 Å². The summed E-state index contributed by atoms with van der Waals surface area (Å²) in [4.78, 5) is 0. The van der Waals surface area contributed by atoms with E-state index in [1.54, 1.807) is 13.2 Å². The van der Waals surface area contributed by atoms with Gasteiger partial charge < -0.3 is 9.84 Å². The van der Waals surface area contributed by atoms with E-state index < -0.39 is 6.10 Å². The summed E-state index contributed by atoms with van der Waals surface area (Å²) in [6.45, 7) is 0. The normalized spacial score (nSPS) is 22.2. The third-order valence-electron chi connectivity index (χ3n) is 3.08. The molecule has 2 nitrogen and oxygen atoms in total. The van der Waals surface area contributed by atoms with Crippen molar-refractivity contribution >= 4 is 23.4 Å². The molecule has 0 amide bonds. The Balaban J connectivity index is 2.15. The van der Waals surface area contributed by atoms with Crippen LogP contribution >= 0.6 is 23.4 Å². The zero-order chi connectivity index (χ0) is 12.3. The van der Waals surface area contributed by atoms with E-state index in [-0.39, 0.29) is 0 Å². The van der Waals surface area contributed by atoms with Gasteiger partial charge in [-0.15, -0.1) is 0 Å². The highest BCUT2D eigenvalue weighted by atomic mass is 35.5. The molecule has 0 radical (unpaired) electrons. The van der Waals surface area contributed by atoms with E-state index in [2.05, 4.69) is 0 Å². The van der Waals surface area contributed by atoms with Crippen LogP contribution in [0.3, 0.4) is 0 Å². The Kier molecular flexibility index (Phi) is 4.60. The van der Waals surface area contributed by atoms with Crippen LogP contribution in [0, 0.1) is 0 Å². The van der Waals surface area contributed by atoms with E-state index in [9.17, 15) is 5.11 Å². The molecule has 0 aliphatic carbocycles. The molecule has 4 heteroatoms. The van der Waals surface area contributed by atoms with Crippen LogP contribution in [0.4, 0.5) is 0 Å². The first-order valence-electron chi connectivity index (χ1n) is 5.85. The molecule has 1 aromatic rings. The lowest BCUT2D eigenvalue weighted by Gasteiger charge is -2.26. The number of halogens is 1. The van der Waals surface area contributed by atoms with E-state index in [4.69, 9.17) is 16.3 Å². The first-order chi connectivity index (χ1) is 8.22. The molecule has 0 spiro atoms. The molecular formula is C13H17ClO2S. The van der Waals surface area contributed by atoms with Crippen molar-refractivity contribution in [3.8, 4) is 5.75 Å². The van der Waals surface area contributed by atoms with Gasteiger partial charge in [0.05, 0.1) is 18.2 Å². The molecule has 2 atom stereocenters. The van der Waals surface area contributed by atoms with E-state index in [1.807, 2.05) is 23.9 Å². The van der Waals surface area contributed by atoms with Crippen LogP contribution in [0.5, 0.6) is 5.75 Å². The lowest BCUT2D eigenvalue weighted by molar-refractivity contribution is 0.168.